The second-order valence-electron chi connectivity index (χ2n) is 4.84. The first-order valence-electron chi connectivity index (χ1n) is 7.25. The van der Waals surface area contributed by atoms with E-state index in [0.29, 0.717) is 24.5 Å². The zero-order chi connectivity index (χ0) is 15.8. The van der Waals surface area contributed by atoms with Crippen LogP contribution in [0.25, 0.3) is 0 Å². The van der Waals surface area contributed by atoms with E-state index in [-0.39, 0.29) is 17.7 Å². The maximum Gasteiger partial charge on any atom is 0.257 e. The molecule has 0 bridgehead atoms. The van der Waals surface area contributed by atoms with Gasteiger partial charge >= 0.3 is 0 Å². The Bertz CT molecular complexity index is 458. The van der Waals surface area contributed by atoms with Crippen LogP contribution in [0.3, 0.4) is 0 Å². The van der Waals surface area contributed by atoms with Gasteiger partial charge in [-0.15, -0.1) is 0 Å². The van der Waals surface area contributed by atoms with Crippen molar-refractivity contribution in [3.8, 4) is 11.5 Å². The van der Waals surface area contributed by atoms with E-state index in [2.05, 4.69) is 13.8 Å². The van der Waals surface area contributed by atoms with Gasteiger partial charge in [0.1, 0.15) is 11.5 Å². The number of carbonyl (C=O) groups is 1. The highest BCUT2D eigenvalue weighted by molar-refractivity contribution is 5.97. The fourth-order valence-electron chi connectivity index (χ4n) is 2.34. The van der Waals surface area contributed by atoms with Gasteiger partial charge in [0.2, 0.25) is 0 Å². The molecule has 5 nitrogen and oxygen atoms in total. The lowest BCUT2D eigenvalue weighted by Crippen LogP contribution is -2.41. The lowest BCUT2D eigenvalue weighted by atomic mass is 10.1. The quantitative estimate of drug-likeness (QED) is 0.801. The third-order valence-corrected chi connectivity index (χ3v) is 3.62. The summed E-state index contributed by atoms with van der Waals surface area (Å²) in [4.78, 5) is 14.5. The Morgan fingerprint density at radius 3 is 2.43 bits per heavy atom. The minimum absolute atomic E-state index is 0.0623. The molecule has 0 aromatic heterocycles. The molecule has 0 radical (unpaired) electrons. The number of phenols is 1. The van der Waals surface area contributed by atoms with Crippen molar-refractivity contribution < 1.29 is 19.4 Å². The Morgan fingerprint density at radius 2 is 1.95 bits per heavy atom. The van der Waals surface area contributed by atoms with Gasteiger partial charge in [-0.25, -0.2) is 0 Å². The lowest BCUT2D eigenvalue weighted by molar-refractivity contribution is 0.0586. The SMILES string of the molecule is CCC(CC)N(CCOC)C(=O)c1ccc(OC)cc1O. The van der Waals surface area contributed by atoms with E-state index in [9.17, 15) is 9.90 Å². The molecule has 0 saturated carbocycles. The number of ether oxygens (including phenoxy) is 2. The predicted molar refractivity (Wildman–Crippen MR) is 81.9 cm³/mol. The highest BCUT2D eigenvalue weighted by Crippen LogP contribution is 2.25. The van der Waals surface area contributed by atoms with Crippen molar-refractivity contribution >= 4 is 5.91 Å². The Morgan fingerprint density at radius 1 is 1.29 bits per heavy atom. The van der Waals surface area contributed by atoms with Crippen LogP contribution in [-0.2, 0) is 4.74 Å². The van der Waals surface area contributed by atoms with E-state index in [1.807, 2.05) is 0 Å². The van der Waals surface area contributed by atoms with Gasteiger partial charge in [-0.2, -0.15) is 0 Å². The fourth-order valence-corrected chi connectivity index (χ4v) is 2.34. The first-order valence-corrected chi connectivity index (χ1v) is 7.25. The number of aromatic hydroxyl groups is 1. The van der Waals surface area contributed by atoms with E-state index in [4.69, 9.17) is 9.47 Å². The van der Waals surface area contributed by atoms with Gasteiger partial charge in [0.15, 0.2) is 0 Å². The van der Waals surface area contributed by atoms with Crippen LogP contribution in [0.2, 0.25) is 0 Å². The van der Waals surface area contributed by atoms with Crippen LogP contribution in [-0.4, -0.2) is 49.3 Å². The molecule has 1 amide bonds. The number of nitrogens with zero attached hydrogens (tertiary/aromatic N) is 1. The summed E-state index contributed by atoms with van der Waals surface area (Å²) in [5, 5.41) is 10.0. The molecule has 1 rings (SSSR count). The van der Waals surface area contributed by atoms with Gasteiger partial charge < -0.3 is 19.5 Å². The van der Waals surface area contributed by atoms with Gasteiger partial charge in [-0.1, -0.05) is 13.8 Å². The second-order valence-corrected chi connectivity index (χ2v) is 4.84. The van der Waals surface area contributed by atoms with E-state index >= 15 is 0 Å². The van der Waals surface area contributed by atoms with Gasteiger partial charge in [-0.3, -0.25) is 4.79 Å². The highest BCUT2D eigenvalue weighted by atomic mass is 16.5. The average molecular weight is 295 g/mol. The van der Waals surface area contributed by atoms with Crippen molar-refractivity contribution in [3.63, 3.8) is 0 Å². The molecule has 118 valence electrons. The molecule has 0 unspecified atom stereocenters. The number of carbonyl (C=O) groups excluding carboxylic acids is 1. The third-order valence-electron chi connectivity index (χ3n) is 3.62. The number of phenolic OH excluding ortho intramolecular Hbond substituents is 1. The molecule has 0 aliphatic heterocycles. The van der Waals surface area contributed by atoms with Crippen LogP contribution in [0.5, 0.6) is 11.5 Å². The maximum atomic E-state index is 12.7. The summed E-state index contributed by atoms with van der Waals surface area (Å²) in [5.41, 5.74) is 0.291. The predicted octanol–water partition coefficient (Wildman–Crippen LogP) is 2.68. The minimum Gasteiger partial charge on any atom is -0.507 e. The van der Waals surface area contributed by atoms with Gasteiger partial charge in [0.05, 0.1) is 19.3 Å². The first kappa shape index (κ1) is 17.3. The van der Waals surface area contributed by atoms with Crippen molar-refractivity contribution in [2.24, 2.45) is 0 Å². The summed E-state index contributed by atoms with van der Waals surface area (Å²) in [7, 11) is 3.13. The molecule has 1 aromatic carbocycles. The van der Waals surface area contributed by atoms with Crippen molar-refractivity contribution in [1.82, 2.24) is 4.90 Å². The average Bonchev–Trinajstić information content (AvgIpc) is 2.50. The van der Waals surface area contributed by atoms with Crippen LogP contribution in [0.4, 0.5) is 0 Å². The Labute approximate surface area is 126 Å². The largest absolute Gasteiger partial charge is 0.507 e. The number of rotatable bonds is 8. The molecule has 0 aliphatic carbocycles. The van der Waals surface area contributed by atoms with Crippen molar-refractivity contribution in [2.45, 2.75) is 32.7 Å². The number of methoxy groups -OCH3 is 2. The molecule has 0 atom stereocenters. The molecule has 0 aliphatic rings. The van der Waals surface area contributed by atoms with Crippen molar-refractivity contribution in [1.29, 1.82) is 0 Å². The summed E-state index contributed by atoms with van der Waals surface area (Å²) < 4.78 is 10.1. The van der Waals surface area contributed by atoms with Crippen LogP contribution in [0.1, 0.15) is 37.0 Å². The van der Waals surface area contributed by atoms with Crippen LogP contribution < -0.4 is 4.74 Å². The highest BCUT2D eigenvalue weighted by Gasteiger charge is 2.24. The minimum atomic E-state index is -0.180. The van der Waals surface area contributed by atoms with Crippen molar-refractivity contribution in [2.75, 3.05) is 27.4 Å². The summed E-state index contributed by atoms with van der Waals surface area (Å²) in [5.74, 6) is 0.281. The molecule has 0 saturated heterocycles. The number of benzene rings is 1. The molecule has 0 heterocycles. The Balaban J connectivity index is 3.03. The topological polar surface area (TPSA) is 59.0 Å². The molecule has 21 heavy (non-hydrogen) atoms. The number of amides is 1. The third kappa shape index (κ3) is 4.36. The number of hydrogen-bond donors (Lipinski definition) is 1. The fraction of sp³-hybridized carbons (Fsp3) is 0.562. The lowest BCUT2D eigenvalue weighted by Gasteiger charge is -2.30. The zero-order valence-corrected chi connectivity index (χ0v) is 13.3. The van der Waals surface area contributed by atoms with Crippen LogP contribution >= 0.6 is 0 Å². The molecular weight excluding hydrogens is 270 g/mol. The van der Waals surface area contributed by atoms with E-state index in [0.717, 1.165) is 12.8 Å². The van der Waals surface area contributed by atoms with Gasteiger partial charge in [0, 0.05) is 25.8 Å². The zero-order valence-electron chi connectivity index (χ0n) is 13.3. The van der Waals surface area contributed by atoms with Crippen LogP contribution in [0, 0.1) is 0 Å². The van der Waals surface area contributed by atoms with E-state index in [1.54, 1.807) is 24.1 Å². The summed E-state index contributed by atoms with van der Waals surface area (Å²) in [6.07, 6.45) is 1.73. The molecule has 1 aromatic rings. The van der Waals surface area contributed by atoms with E-state index < -0.39 is 0 Å². The maximum absolute atomic E-state index is 12.7. The van der Waals surface area contributed by atoms with Gasteiger partial charge in [-0.05, 0) is 25.0 Å². The van der Waals surface area contributed by atoms with Crippen molar-refractivity contribution in [3.05, 3.63) is 23.8 Å². The molecule has 1 N–H and O–H groups in total. The standard InChI is InChI=1S/C16H25NO4/c1-5-12(6-2)17(9-10-20-3)16(19)14-8-7-13(21-4)11-15(14)18/h7-8,11-12,18H,5-6,9-10H2,1-4H3. The van der Waals surface area contributed by atoms with E-state index in [1.165, 1.54) is 13.2 Å². The molecule has 0 spiro atoms. The summed E-state index contributed by atoms with van der Waals surface area (Å²) in [6, 6.07) is 4.86. The monoisotopic (exact) mass is 295 g/mol. The summed E-state index contributed by atoms with van der Waals surface area (Å²) >= 11 is 0. The Kier molecular flexibility index (Phi) is 7.02. The number of hydrogen-bond acceptors (Lipinski definition) is 4. The first-order chi connectivity index (χ1) is 10.1. The van der Waals surface area contributed by atoms with Crippen LogP contribution in [0.15, 0.2) is 18.2 Å². The summed E-state index contributed by atoms with van der Waals surface area (Å²) in [6.45, 7) is 5.08. The normalized spacial score (nSPS) is 10.7. The van der Waals surface area contributed by atoms with Gasteiger partial charge in [0.25, 0.3) is 5.91 Å². The molecule has 0 fully saturated rings. The second kappa shape index (κ2) is 8.52. The smallest absolute Gasteiger partial charge is 0.257 e. The Hall–Kier alpha value is -1.75. The molecule has 5 heteroatoms. The molecular formula is C16H25NO4.